The standard InChI is InChI=1S/C27H39ClN4O2/c1-4-6-25(33)31-14-11-30(12-15-31)13-16-32(26(34)29-23-8-5-7-22(28)18-23)19-20-9-10-21-17-24(20)27(21,2)3/h5,7-9,18,21,24H,4,6,10-17,19H2,1-3H3,(H,29,34). The van der Waals surface area contributed by atoms with Gasteiger partial charge in [0.2, 0.25) is 5.91 Å². The van der Waals surface area contributed by atoms with Crippen LogP contribution in [0.5, 0.6) is 0 Å². The zero-order valence-corrected chi connectivity index (χ0v) is 21.6. The minimum Gasteiger partial charge on any atom is -0.340 e. The molecule has 34 heavy (non-hydrogen) atoms. The molecule has 1 aromatic rings. The smallest absolute Gasteiger partial charge is 0.322 e. The van der Waals surface area contributed by atoms with E-state index in [1.165, 1.54) is 12.0 Å². The van der Waals surface area contributed by atoms with Gasteiger partial charge in [0.1, 0.15) is 0 Å². The summed E-state index contributed by atoms with van der Waals surface area (Å²) < 4.78 is 0. The molecule has 2 unspecified atom stereocenters. The number of carbonyl (C=O) groups excluding carboxylic acids is 2. The quantitative estimate of drug-likeness (QED) is 0.519. The molecule has 1 aliphatic heterocycles. The van der Waals surface area contributed by atoms with Crippen LogP contribution < -0.4 is 5.32 Å². The van der Waals surface area contributed by atoms with Crippen molar-refractivity contribution >= 4 is 29.2 Å². The molecule has 4 aliphatic rings. The third kappa shape index (κ3) is 5.60. The van der Waals surface area contributed by atoms with Gasteiger partial charge in [0, 0.05) is 62.9 Å². The summed E-state index contributed by atoms with van der Waals surface area (Å²) >= 11 is 6.13. The van der Waals surface area contributed by atoms with Gasteiger partial charge in [-0.2, -0.15) is 0 Å². The SMILES string of the molecule is CCCC(=O)N1CCN(CCN(CC2=CCC3CC2C3(C)C)C(=O)Nc2cccc(Cl)c2)CC1. The minimum atomic E-state index is -0.0841. The molecule has 2 bridgehead atoms. The lowest BCUT2D eigenvalue weighted by atomic mass is 9.49. The Balaban J connectivity index is 1.38. The predicted molar refractivity (Wildman–Crippen MR) is 138 cm³/mol. The highest BCUT2D eigenvalue weighted by atomic mass is 35.5. The van der Waals surface area contributed by atoms with Crippen molar-refractivity contribution in [3.8, 4) is 0 Å². The lowest BCUT2D eigenvalue weighted by molar-refractivity contribution is -0.133. The van der Waals surface area contributed by atoms with Crippen LogP contribution in [0.3, 0.4) is 0 Å². The second-order valence-electron chi connectivity index (χ2n) is 10.7. The molecule has 3 aliphatic carbocycles. The molecule has 3 amide bonds. The highest BCUT2D eigenvalue weighted by Gasteiger charge is 2.51. The van der Waals surface area contributed by atoms with Crippen LogP contribution in [0.25, 0.3) is 0 Å². The first-order valence-electron chi connectivity index (χ1n) is 12.8. The predicted octanol–water partition coefficient (Wildman–Crippen LogP) is 5.11. The number of nitrogens with one attached hydrogen (secondary N) is 1. The molecule has 1 aromatic carbocycles. The van der Waals surface area contributed by atoms with Gasteiger partial charge in [-0.3, -0.25) is 9.69 Å². The van der Waals surface area contributed by atoms with E-state index in [-0.39, 0.29) is 11.9 Å². The van der Waals surface area contributed by atoms with Gasteiger partial charge < -0.3 is 15.1 Å². The number of carbonyl (C=O) groups is 2. The average Bonchev–Trinajstić information content (AvgIpc) is 2.82. The molecule has 2 atom stereocenters. The number of anilines is 1. The molecular weight excluding hydrogens is 448 g/mol. The summed E-state index contributed by atoms with van der Waals surface area (Å²) in [7, 11) is 0. The normalized spacial score (nSPS) is 23.6. The third-order valence-corrected chi connectivity index (χ3v) is 8.43. The highest BCUT2D eigenvalue weighted by molar-refractivity contribution is 6.30. The number of hydrogen-bond acceptors (Lipinski definition) is 3. The number of hydrogen-bond donors (Lipinski definition) is 1. The number of allylic oxidation sites excluding steroid dienone is 1. The van der Waals surface area contributed by atoms with Crippen LogP contribution >= 0.6 is 11.6 Å². The Morgan fingerprint density at radius 3 is 2.62 bits per heavy atom. The molecule has 1 saturated carbocycles. The lowest BCUT2D eigenvalue weighted by Gasteiger charge is -2.57. The Morgan fingerprint density at radius 2 is 1.97 bits per heavy atom. The largest absolute Gasteiger partial charge is 0.340 e. The number of urea groups is 1. The molecule has 0 spiro atoms. The summed E-state index contributed by atoms with van der Waals surface area (Å²) in [6.07, 6.45) is 6.27. The third-order valence-electron chi connectivity index (χ3n) is 8.19. The van der Waals surface area contributed by atoms with Crippen molar-refractivity contribution < 1.29 is 9.59 Å². The first-order valence-corrected chi connectivity index (χ1v) is 13.2. The van der Waals surface area contributed by atoms with Crippen LogP contribution in [0.1, 0.15) is 46.5 Å². The van der Waals surface area contributed by atoms with Gasteiger partial charge in [-0.05, 0) is 54.7 Å². The van der Waals surface area contributed by atoms with E-state index in [1.54, 1.807) is 6.07 Å². The fraction of sp³-hybridized carbons (Fsp3) is 0.630. The van der Waals surface area contributed by atoms with E-state index in [4.69, 9.17) is 11.6 Å². The van der Waals surface area contributed by atoms with Gasteiger partial charge in [-0.15, -0.1) is 0 Å². The molecule has 1 N–H and O–H groups in total. The van der Waals surface area contributed by atoms with E-state index in [1.807, 2.05) is 34.9 Å². The van der Waals surface area contributed by atoms with Gasteiger partial charge >= 0.3 is 6.03 Å². The van der Waals surface area contributed by atoms with Crippen LogP contribution in [-0.2, 0) is 4.79 Å². The fourth-order valence-corrected chi connectivity index (χ4v) is 5.94. The Hall–Kier alpha value is -2.05. The number of benzene rings is 1. The number of halogens is 1. The minimum absolute atomic E-state index is 0.0841. The zero-order valence-electron chi connectivity index (χ0n) is 20.9. The van der Waals surface area contributed by atoms with Gasteiger partial charge in [-0.1, -0.05) is 50.1 Å². The molecule has 6 nitrogen and oxygen atoms in total. The van der Waals surface area contributed by atoms with Crippen LogP contribution in [0, 0.1) is 17.3 Å². The zero-order chi connectivity index (χ0) is 24.3. The maximum absolute atomic E-state index is 13.3. The Bertz CT molecular complexity index is 923. The number of amides is 3. The number of fused-ring (bicyclic) bond motifs is 1. The molecular formula is C27H39ClN4O2. The molecule has 1 heterocycles. The summed E-state index contributed by atoms with van der Waals surface area (Å²) in [5.74, 6) is 1.61. The lowest BCUT2D eigenvalue weighted by Crippen LogP contribution is -2.52. The van der Waals surface area contributed by atoms with E-state index in [9.17, 15) is 9.59 Å². The first-order chi connectivity index (χ1) is 16.3. The van der Waals surface area contributed by atoms with E-state index in [0.29, 0.717) is 41.6 Å². The van der Waals surface area contributed by atoms with Crippen LogP contribution in [0.2, 0.25) is 5.02 Å². The Kier molecular flexibility index (Phi) is 7.88. The van der Waals surface area contributed by atoms with E-state index >= 15 is 0 Å². The van der Waals surface area contributed by atoms with Gasteiger partial charge in [0.15, 0.2) is 0 Å². The molecule has 1 saturated heterocycles. The molecule has 186 valence electrons. The fourth-order valence-electron chi connectivity index (χ4n) is 5.75. The van der Waals surface area contributed by atoms with Crippen molar-refractivity contribution in [2.45, 2.75) is 46.5 Å². The van der Waals surface area contributed by atoms with E-state index in [0.717, 1.165) is 51.5 Å². The maximum Gasteiger partial charge on any atom is 0.322 e. The second kappa shape index (κ2) is 10.7. The summed E-state index contributed by atoms with van der Waals surface area (Å²) in [5.41, 5.74) is 2.46. The van der Waals surface area contributed by atoms with Crippen molar-refractivity contribution in [3.63, 3.8) is 0 Å². The summed E-state index contributed by atoms with van der Waals surface area (Å²) in [4.78, 5) is 31.8. The summed E-state index contributed by atoms with van der Waals surface area (Å²) in [6.45, 7) is 12.2. The van der Waals surface area contributed by atoms with Crippen LogP contribution in [0.4, 0.5) is 10.5 Å². The van der Waals surface area contributed by atoms with Gasteiger partial charge in [0.05, 0.1) is 0 Å². The second-order valence-corrected chi connectivity index (χ2v) is 11.1. The van der Waals surface area contributed by atoms with Crippen molar-refractivity contribution in [2.75, 3.05) is 51.1 Å². The highest BCUT2D eigenvalue weighted by Crippen LogP contribution is 2.59. The molecule has 7 heteroatoms. The van der Waals surface area contributed by atoms with Gasteiger partial charge in [0.25, 0.3) is 0 Å². The first kappa shape index (κ1) is 25.1. The Labute approximate surface area is 209 Å². The maximum atomic E-state index is 13.3. The number of piperazine rings is 1. The molecule has 0 radical (unpaired) electrons. The Morgan fingerprint density at radius 1 is 1.21 bits per heavy atom. The van der Waals surface area contributed by atoms with Crippen molar-refractivity contribution in [2.24, 2.45) is 17.3 Å². The molecule has 0 aromatic heterocycles. The van der Waals surface area contributed by atoms with Crippen molar-refractivity contribution in [1.82, 2.24) is 14.7 Å². The van der Waals surface area contributed by atoms with Gasteiger partial charge in [-0.25, -0.2) is 4.79 Å². The van der Waals surface area contributed by atoms with Crippen LogP contribution in [-0.4, -0.2) is 72.5 Å². The topological polar surface area (TPSA) is 55.9 Å². The molecule has 5 rings (SSSR count). The number of rotatable bonds is 8. The van der Waals surface area contributed by atoms with E-state index in [2.05, 4.69) is 30.1 Å². The summed E-state index contributed by atoms with van der Waals surface area (Å²) in [5, 5.41) is 3.66. The van der Waals surface area contributed by atoms with Crippen molar-refractivity contribution in [1.29, 1.82) is 0 Å². The molecule has 2 fully saturated rings. The monoisotopic (exact) mass is 486 g/mol. The number of nitrogens with zero attached hydrogens (tertiary/aromatic N) is 3. The van der Waals surface area contributed by atoms with Crippen LogP contribution in [0.15, 0.2) is 35.9 Å². The average molecular weight is 487 g/mol. The summed E-state index contributed by atoms with van der Waals surface area (Å²) in [6, 6.07) is 7.22. The van der Waals surface area contributed by atoms with Crippen molar-refractivity contribution in [3.05, 3.63) is 40.9 Å². The van der Waals surface area contributed by atoms with E-state index < -0.39 is 0 Å².